The van der Waals surface area contributed by atoms with Gasteiger partial charge < -0.3 is 34.3 Å². The van der Waals surface area contributed by atoms with Crippen LogP contribution >= 0.6 is 10.0 Å². The molecule has 0 unspecified atom stereocenters. The predicted octanol–water partition coefficient (Wildman–Crippen LogP) is 6.17. The zero-order valence-corrected chi connectivity index (χ0v) is 30.6. The molecule has 2 amide bonds. The van der Waals surface area contributed by atoms with Crippen LogP contribution in [0.25, 0.3) is 0 Å². The van der Waals surface area contributed by atoms with Gasteiger partial charge in [-0.15, -0.1) is 0 Å². The maximum absolute atomic E-state index is 13.2. The monoisotopic (exact) mass is 710 g/mol. The van der Waals surface area contributed by atoms with Crippen molar-refractivity contribution in [1.82, 2.24) is 10.6 Å². The molecule has 3 rings (SSSR count). The van der Waals surface area contributed by atoms with Crippen LogP contribution in [0.1, 0.15) is 43.9 Å². The van der Waals surface area contributed by atoms with Crippen LogP contribution in [-0.4, -0.2) is 79.5 Å². The summed E-state index contributed by atoms with van der Waals surface area (Å²) in [6.07, 6.45) is 5.11. The third-order valence-corrected chi connectivity index (χ3v) is 8.33. The Labute approximate surface area is 296 Å². The van der Waals surface area contributed by atoms with Gasteiger partial charge in [0.1, 0.15) is 36.6 Å². The average Bonchev–Trinajstić information content (AvgIpc) is 3.05. The van der Waals surface area contributed by atoms with Gasteiger partial charge in [0.05, 0.1) is 13.2 Å². The van der Waals surface area contributed by atoms with E-state index in [1.165, 1.54) is 0 Å². The van der Waals surface area contributed by atoms with Crippen molar-refractivity contribution in [2.45, 2.75) is 64.5 Å². The molecule has 0 aromatic heterocycles. The highest BCUT2D eigenvalue weighted by Gasteiger charge is 2.27. The number of esters is 2. The number of rotatable bonds is 17. The van der Waals surface area contributed by atoms with Gasteiger partial charge in [0.15, 0.2) is 0 Å². The van der Waals surface area contributed by atoms with E-state index < -0.39 is 51.8 Å². The maximum atomic E-state index is 13.2. The lowest BCUT2D eigenvalue weighted by Gasteiger charge is -2.25. The van der Waals surface area contributed by atoms with Crippen molar-refractivity contribution in [3.05, 3.63) is 102 Å². The van der Waals surface area contributed by atoms with Crippen LogP contribution in [0.3, 0.4) is 0 Å². The van der Waals surface area contributed by atoms with E-state index in [4.69, 9.17) is 23.7 Å². The van der Waals surface area contributed by atoms with Gasteiger partial charge in [0, 0.05) is 18.6 Å². The quantitative estimate of drug-likeness (QED) is 0.125. The molecule has 0 fully saturated rings. The lowest BCUT2D eigenvalue weighted by Crippen LogP contribution is -2.45. The van der Waals surface area contributed by atoms with E-state index in [9.17, 15) is 19.2 Å². The maximum Gasteiger partial charge on any atom is 0.408 e. The molecule has 3 aromatic rings. The van der Waals surface area contributed by atoms with E-state index in [1.807, 2.05) is 60.7 Å². The Kier molecular flexibility index (Phi) is 15.5. The second-order valence-corrected chi connectivity index (χ2v) is 18.1. The smallest absolute Gasteiger partial charge is 0.408 e. The molecular formula is C38H50N2O9S. The largest absolute Gasteiger partial charge is 0.493 e. The molecule has 0 aliphatic rings. The lowest BCUT2D eigenvalue weighted by atomic mass is 10.1. The number of ether oxygens (including phenoxy) is 5. The number of nitrogens with one attached hydrogen (secondary N) is 2. The summed E-state index contributed by atoms with van der Waals surface area (Å²) in [5, 5.41) is 5.25. The normalized spacial score (nSPS) is 12.8. The number of carbonyl (C=O) groups excluding carboxylic acids is 4. The molecule has 2 atom stereocenters. The molecule has 11 nitrogen and oxygen atoms in total. The van der Waals surface area contributed by atoms with Crippen molar-refractivity contribution in [3.63, 3.8) is 0 Å². The molecule has 3 aromatic carbocycles. The number of benzene rings is 3. The minimum Gasteiger partial charge on any atom is -0.493 e. The second kappa shape index (κ2) is 19.5. The summed E-state index contributed by atoms with van der Waals surface area (Å²) in [5.74, 6) is 0.00118. The van der Waals surface area contributed by atoms with E-state index >= 15 is 0 Å². The van der Waals surface area contributed by atoms with Crippen LogP contribution in [0.4, 0.5) is 9.59 Å². The highest BCUT2D eigenvalue weighted by Crippen LogP contribution is 2.33. The molecule has 0 spiro atoms. The molecular weight excluding hydrogens is 660 g/mol. The second-order valence-electron chi connectivity index (χ2n) is 13.5. The molecule has 0 aliphatic heterocycles. The Morgan fingerprint density at radius 2 is 1.22 bits per heavy atom. The molecule has 50 heavy (non-hydrogen) atoms. The van der Waals surface area contributed by atoms with E-state index in [1.54, 1.807) is 45.0 Å². The van der Waals surface area contributed by atoms with Crippen LogP contribution in [0.2, 0.25) is 0 Å². The average molecular weight is 711 g/mol. The van der Waals surface area contributed by atoms with Crippen molar-refractivity contribution < 1.29 is 42.9 Å². The first-order chi connectivity index (χ1) is 23.7. The van der Waals surface area contributed by atoms with Crippen molar-refractivity contribution in [1.29, 1.82) is 0 Å². The van der Waals surface area contributed by atoms with E-state index in [0.29, 0.717) is 11.3 Å². The van der Waals surface area contributed by atoms with Gasteiger partial charge in [-0.2, -0.15) is 0 Å². The number of hydrogen-bond acceptors (Lipinski definition) is 9. The number of amides is 2. The van der Waals surface area contributed by atoms with Gasteiger partial charge in [-0.1, -0.05) is 72.8 Å². The number of carbonyl (C=O) groups is 4. The molecule has 0 bridgehead atoms. The van der Waals surface area contributed by atoms with Crippen LogP contribution < -0.4 is 15.4 Å². The predicted molar refractivity (Wildman–Crippen MR) is 194 cm³/mol. The third kappa shape index (κ3) is 16.1. The molecule has 0 aliphatic carbocycles. The highest BCUT2D eigenvalue weighted by molar-refractivity contribution is 8.32. The molecule has 272 valence electrons. The summed E-state index contributed by atoms with van der Waals surface area (Å²) >= 11 is 0. The summed E-state index contributed by atoms with van der Waals surface area (Å²) < 4.78 is 27.7. The van der Waals surface area contributed by atoms with Crippen molar-refractivity contribution in [3.8, 4) is 5.75 Å². The van der Waals surface area contributed by atoms with Gasteiger partial charge in [0.2, 0.25) is 0 Å². The van der Waals surface area contributed by atoms with Crippen molar-refractivity contribution in [2.24, 2.45) is 0 Å². The Morgan fingerprint density at radius 1 is 0.660 bits per heavy atom. The van der Waals surface area contributed by atoms with E-state index in [0.717, 1.165) is 16.9 Å². The molecule has 0 radical (unpaired) electrons. The van der Waals surface area contributed by atoms with Gasteiger partial charge >= 0.3 is 24.1 Å². The molecule has 0 saturated carbocycles. The van der Waals surface area contributed by atoms with Gasteiger partial charge in [-0.3, -0.25) is 0 Å². The first-order valence-corrected chi connectivity index (χ1v) is 19.4. The summed E-state index contributed by atoms with van der Waals surface area (Å²) in [5.41, 5.74) is 1.55. The minimum atomic E-state index is -1.03. The Balaban J connectivity index is 1.64. The standard InChI is InChI=1S/C38H50N2O9S/c1-38(2,3)49-37(44)39-32(34(41)47-26-28-14-9-7-10-15-28)20-21-45-31-19-13-18-30(24-31)25-33(35(42)46-22-23-50(4,5)6)40-36(43)48-27-29-16-11-8-12-17-29/h7-19,24,32-33H,20-23,25-27H2,1-6H3,(H,39,44)(H,40,43)/t32-,33+/m1/s1. The van der Waals surface area contributed by atoms with Crippen LogP contribution in [0.5, 0.6) is 5.75 Å². The fourth-order valence-electron chi connectivity index (χ4n) is 4.41. The Hall–Kier alpha value is -4.71. The summed E-state index contributed by atoms with van der Waals surface area (Å²) in [4.78, 5) is 51.4. The fraction of sp³-hybridized carbons (Fsp3) is 0.421. The molecule has 0 heterocycles. The fourth-order valence-corrected chi connectivity index (χ4v) is 5.00. The summed E-state index contributed by atoms with van der Waals surface area (Å²) in [6, 6.07) is 23.4. The SMILES string of the molecule is CC(C)(C)OC(=O)N[C@H](CCOc1cccc(C[C@H](NC(=O)OCc2ccccc2)C(=O)OCCS(C)(C)C)c1)C(=O)OCc1ccccc1. The van der Waals surface area contributed by atoms with Crippen molar-refractivity contribution in [2.75, 3.05) is 37.7 Å². The topological polar surface area (TPSA) is 138 Å². The Morgan fingerprint density at radius 3 is 1.82 bits per heavy atom. The minimum absolute atomic E-state index is 0.0455. The first-order valence-electron chi connectivity index (χ1n) is 16.4. The lowest BCUT2D eigenvalue weighted by molar-refractivity contribution is -0.148. The van der Waals surface area contributed by atoms with E-state index in [-0.39, 0.29) is 39.3 Å². The summed E-state index contributed by atoms with van der Waals surface area (Å²) in [6.45, 7) is 5.57. The van der Waals surface area contributed by atoms with Gasteiger partial charge in [-0.05, 0) is 68.4 Å². The van der Waals surface area contributed by atoms with Crippen molar-refractivity contribution >= 4 is 34.2 Å². The highest BCUT2D eigenvalue weighted by atomic mass is 32.3. The van der Waals surface area contributed by atoms with Crippen LogP contribution in [0.15, 0.2) is 84.9 Å². The molecule has 2 N–H and O–H groups in total. The number of alkyl carbamates (subject to hydrolysis) is 2. The van der Waals surface area contributed by atoms with Crippen LogP contribution in [-0.2, 0) is 48.2 Å². The van der Waals surface area contributed by atoms with Crippen LogP contribution in [0, 0.1) is 0 Å². The zero-order chi connectivity index (χ0) is 36.6. The Bertz CT molecular complexity index is 1520. The third-order valence-electron chi connectivity index (χ3n) is 6.94. The molecule has 0 saturated heterocycles. The number of hydrogen-bond donors (Lipinski definition) is 2. The van der Waals surface area contributed by atoms with Gasteiger partial charge in [-0.25, -0.2) is 29.2 Å². The van der Waals surface area contributed by atoms with E-state index in [2.05, 4.69) is 29.4 Å². The molecule has 12 heteroatoms. The van der Waals surface area contributed by atoms with Gasteiger partial charge in [0.25, 0.3) is 0 Å². The zero-order valence-electron chi connectivity index (χ0n) is 29.8. The first kappa shape index (κ1) is 39.7. The summed E-state index contributed by atoms with van der Waals surface area (Å²) in [7, 11) is -0.889.